The summed E-state index contributed by atoms with van der Waals surface area (Å²) >= 11 is 0. The average molecular weight is 265 g/mol. The molecule has 1 amide bonds. The van der Waals surface area contributed by atoms with Crippen LogP contribution < -0.4 is 0 Å². The van der Waals surface area contributed by atoms with E-state index >= 15 is 0 Å². The van der Waals surface area contributed by atoms with Crippen molar-refractivity contribution in [1.29, 1.82) is 0 Å². The maximum atomic E-state index is 12.2. The van der Waals surface area contributed by atoms with Crippen LogP contribution in [-0.2, 0) is 4.79 Å². The lowest BCUT2D eigenvalue weighted by atomic mass is 10.3. The maximum absolute atomic E-state index is 12.2. The van der Waals surface area contributed by atoms with Crippen LogP contribution in [0.2, 0.25) is 0 Å². The Hall–Kier alpha value is -0.610. The van der Waals surface area contributed by atoms with Gasteiger partial charge in [0, 0.05) is 32.7 Å². The van der Waals surface area contributed by atoms with Crippen molar-refractivity contribution in [3.05, 3.63) is 0 Å². The Morgan fingerprint density at radius 2 is 1.53 bits per heavy atom. The molecule has 0 bridgehead atoms. The monoisotopic (exact) mass is 265 g/mol. The molecule has 0 aromatic heterocycles. The van der Waals surface area contributed by atoms with E-state index in [0.29, 0.717) is 12.5 Å². The normalized spacial score (nSPS) is 26.6. The van der Waals surface area contributed by atoms with Crippen molar-refractivity contribution >= 4 is 5.91 Å². The zero-order valence-electron chi connectivity index (χ0n) is 12.0. The van der Waals surface area contributed by atoms with Crippen LogP contribution in [-0.4, -0.2) is 73.0 Å². The topological polar surface area (TPSA) is 26.8 Å². The first-order valence-electron chi connectivity index (χ1n) is 8.04. The predicted octanol–water partition coefficient (Wildman–Crippen LogP) is 1.03. The highest BCUT2D eigenvalue weighted by molar-refractivity contribution is 5.78. The smallest absolute Gasteiger partial charge is 0.236 e. The Kier molecular flexibility index (Phi) is 4.38. The lowest BCUT2D eigenvalue weighted by Gasteiger charge is -2.23. The number of hydrogen-bond acceptors (Lipinski definition) is 3. The van der Waals surface area contributed by atoms with Gasteiger partial charge in [0.25, 0.3) is 0 Å². The molecule has 0 radical (unpaired) electrons. The Labute approximate surface area is 116 Å². The molecule has 0 atom stereocenters. The highest BCUT2D eigenvalue weighted by Crippen LogP contribution is 2.29. The van der Waals surface area contributed by atoms with Gasteiger partial charge in [-0.15, -0.1) is 0 Å². The van der Waals surface area contributed by atoms with Gasteiger partial charge >= 0.3 is 0 Å². The van der Waals surface area contributed by atoms with Crippen molar-refractivity contribution in [3.63, 3.8) is 0 Å². The van der Waals surface area contributed by atoms with Crippen molar-refractivity contribution < 1.29 is 4.79 Å². The second-order valence-corrected chi connectivity index (χ2v) is 6.46. The van der Waals surface area contributed by atoms with Crippen LogP contribution in [0.1, 0.15) is 32.1 Å². The summed E-state index contributed by atoms with van der Waals surface area (Å²) in [5.41, 5.74) is 0. The second-order valence-electron chi connectivity index (χ2n) is 6.46. The van der Waals surface area contributed by atoms with Crippen LogP contribution in [0.3, 0.4) is 0 Å². The summed E-state index contributed by atoms with van der Waals surface area (Å²) in [6.07, 6.45) is 6.49. The first kappa shape index (κ1) is 13.4. The Morgan fingerprint density at radius 1 is 0.842 bits per heavy atom. The lowest BCUT2D eigenvalue weighted by Crippen LogP contribution is -2.40. The fourth-order valence-electron chi connectivity index (χ4n) is 3.29. The number of carbonyl (C=O) groups is 1. The molecule has 3 fully saturated rings. The van der Waals surface area contributed by atoms with Crippen molar-refractivity contribution in [2.24, 2.45) is 5.92 Å². The summed E-state index contributed by atoms with van der Waals surface area (Å²) in [7, 11) is 0. The minimum atomic E-state index is 0.355. The SMILES string of the molecule is O=C(CN1CCCN(CC2CC2)CC1)N1CCCC1. The average Bonchev–Trinajstić information content (AvgIpc) is 3.10. The van der Waals surface area contributed by atoms with Crippen LogP contribution in [0, 0.1) is 5.92 Å². The van der Waals surface area contributed by atoms with Crippen molar-refractivity contribution in [2.45, 2.75) is 32.1 Å². The summed E-state index contributed by atoms with van der Waals surface area (Å²) in [5.74, 6) is 1.34. The fourth-order valence-corrected chi connectivity index (χ4v) is 3.29. The van der Waals surface area contributed by atoms with E-state index in [1.165, 1.54) is 45.2 Å². The van der Waals surface area contributed by atoms with Crippen molar-refractivity contribution in [2.75, 3.05) is 52.4 Å². The van der Waals surface area contributed by atoms with E-state index < -0.39 is 0 Å². The summed E-state index contributed by atoms with van der Waals surface area (Å²) in [6, 6.07) is 0. The molecule has 3 aliphatic rings. The third-order valence-corrected chi connectivity index (χ3v) is 4.71. The molecule has 2 heterocycles. The first-order valence-corrected chi connectivity index (χ1v) is 8.04. The summed E-state index contributed by atoms with van der Waals surface area (Å²) in [6.45, 7) is 8.48. The molecule has 2 aliphatic heterocycles. The van der Waals surface area contributed by atoms with Crippen LogP contribution >= 0.6 is 0 Å². The van der Waals surface area contributed by atoms with Crippen LogP contribution in [0.15, 0.2) is 0 Å². The highest BCUT2D eigenvalue weighted by Gasteiger charge is 2.26. The van der Waals surface area contributed by atoms with E-state index in [2.05, 4.69) is 9.80 Å². The van der Waals surface area contributed by atoms with Crippen LogP contribution in [0.4, 0.5) is 0 Å². The van der Waals surface area contributed by atoms with E-state index in [-0.39, 0.29) is 0 Å². The van der Waals surface area contributed by atoms with Gasteiger partial charge in [-0.2, -0.15) is 0 Å². The van der Waals surface area contributed by atoms with E-state index in [9.17, 15) is 4.79 Å². The number of rotatable bonds is 4. The Bertz CT molecular complexity index is 311. The van der Waals surface area contributed by atoms with Gasteiger partial charge in [0.05, 0.1) is 6.54 Å². The highest BCUT2D eigenvalue weighted by atomic mass is 16.2. The molecular weight excluding hydrogens is 238 g/mol. The molecule has 0 unspecified atom stereocenters. The molecule has 4 heteroatoms. The van der Waals surface area contributed by atoms with Gasteiger partial charge in [-0.25, -0.2) is 0 Å². The third kappa shape index (κ3) is 3.93. The quantitative estimate of drug-likeness (QED) is 0.759. The number of nitrogens with zero attached hydrogens (tertiary/aromatic N) is 3. The van der Waals surface area contributed by atoms with Gasteiger partial charge in [0.2, 0.25) is 5.91 Å². The number of likely N-dealkylation sites (tertiary alicyclic amines) is 1. The molecule has 2 saturated heterocycles. The zero-order valence-corrected chi connectivity index (χ0v) is 12.0. The second kappa shape index (κ2) is 6.23. The van der Waals surface area contributed by atoms with Gasteiger partial charge in [0.15, 0.2) is 0 Å². The summed E-state index contributed by atoms with van der Waals surface area (Å²) in [5, 5.41) is 0. The molecular formula is C15H27N3O. The predicted molar refractivity (Wildman–Crippen MR) is 76.0 cm³/mol. The maximum Gasteiger partial charge on any atom is 0.236 e. The largest absolute Gasteiger partial charge is 0.342 e. The van der Waals surface area contributed by atoms with E-state index in [0.717, 1.165) is 38.6 Å². The molecule has 1 saturated carbocycles. The fraction of sp³-hybridized carbons (Fsp3) is 0.933. The minimum absolute atomic E-state index is 0.355. The molecule has 4 nitrogen and oxygen atoms in total. The Morgan fingerprint density at radius 3 is 2.26 bits per heavy atom. The molecule has 1 aliphatic carbocycles. The number of carbonyl (C=O) groups excluding carboxylic acids is 1. The minimum Gasteiger partial charge on any atom is -0.342 e. The zero-order chi connectivity index (χ0) is 13.1. The first-order chi connectivity index (χ1) is 9.31. The van der Waals surface area contributed by atoms with Crippen LogP contribution in [0.5, 0.6) is 0 Å². The molecule has 19 heavy (non-hydrogen) atoms. The standard InChI is InChI=1S/C15H27N3O/c19-15(18-8-1-2-9-18)13-17-7-3-6-16(10-11-17)12-14-4-5-14/h14H,1-13H2. The van der Waals surface area contributed by atoms with Gasteiger partial charge in [-0.1, -0.05) is 0 Å². The van der Waals surface area contributed by atoms with Gasteiger partial charge in [-0.3, -0.25) is 9.69 Å². The molecule has 0 N–H and O–H groups in total. The number of hydrogen-bond donors (Lipinski definition) is 0. The van der Waals surface area contributed by atoms with E-state index in [1.54, 1.807) is 0 Å². The van der Waals surface area contributed by atoms with E-state index in [4.69, 9.17) is 0 Å². The Balaban J connectivity index is 1.42. The third-order valence-electron chi connectivity index (χ3n) is 4.71. The van der Waals surface area contributed by atoms with Crippen LogP contribution in [0.25, 0.3) is 0 Å². The van der Waals surface area contributed by atoms with Crippen molar-refractivity contribution in [1.82, 2.24) is 14.7 Å². The lowest BCUT2D eigenvalue weighted by molar-refractivity contribution is -0.131. The van der Waals surface area contributed by atoms with E-state index in [1.807, 2.05) is 4.90 Å². The molecule has 0 spiro atoms. The van der Waals surface area contributed by atoms with Crippen molar-refractivity contribution in [3.8, 4) is 0 Å². The molecule has 0 aromatic rings. The van der Waals surface area contributed by atoms with Gasteiger partial charge < -0.3 is 9.80 Å². The summed E-state index contributed by atoms with van der Waals surface area (Å²) in [4.78, 5) is 19.2. The van der Waals surface area contributed by atoms with Gasteiger partial charge in [0.1, 0.15) is 0 Å². The summed E-state index contributed by atoms with van der Waals surface area (Å²) < 4.78 is 0. The molecule has 0 aromatic carbocycles. The number of amides is 1. The molecule has 3 rings (SSSR count). The molecule has 108 valence electrons. The van der Waals surface area contributed by atoms with Gasteiger partial charge in [-0.05, 0) is 51.1 Å².